The quantitative estimate of drug-likeness (QED) is 0.0135. The monoisotopic (exact) mass is 803 g/mol. The summed E-state index contributed by atoms with van der Waals surface area (Å²) >= 11 is 1.18. The Bertz CT molecular complexity index is 1150. The first kappa shape index (κ1) is 51.8. The van der Waals surface area contributed by atoms with Crippen molar-refractivity contribution in [1.82, 2.24) is 0 Å². The summed E-state index contributed by atoms with van der Waals surface area (Å²) in [4.78, 5) is 54.6. The molecular weight excluding hydrogens is 733 g/mol. The van der Waals surface area contributed by atoms with E-state index in [1.54, 1.807) is 18.2 Å². The Labute approximate surface area is 328 Å². The lowest BCUT2D eigenvalue weighted by atomic mass is 10.0. The number of ether oxygens (including phenoxy) is 2. The number of carbonyl (C=O) groups is 3. The number of rotatable bonds is 35. The molecule has 14 heteroatoms. The maximum Gasteiger partial charge on any atom is 0.469 e. The molecule has 0 aromatic carbocycles. The van der Waals surface area contributed by atoms with Crippen LogP contribution in [0.1, 0.15) is 136 Å². The molecule has 0 aliphatic heterocycles. The van der Waals surface area contributed by atoms with E-state index in [0.717, 1.165) is 38.0 Å². The number of hydrogen-bond donors (Lipinski definition) is 5. The zero-order valence-electron chi connectivity index (χ0n) is 32.9. The molecule has 0 heterocycles. The normalized spacial score (nSPS) is 14.7. The minimum Gasteiger partial charge on any atom is -0.481 e. The summed E-state index contributed by atoms with van der Waals surface area (Å²) in [6.07, 6.45) is 29.1. The average molecular weight is 804 g/mol. The van der Waals surface area contributed by atoms with Gasteiger partial charge in [0.1, 0.15) is 12.6 Å². The largest absolute Gasteiger partial charge is 0.481 e. The van der Waals surface area contributed by atoms with Crippen molar-refractivity contribution in [3.05, 3.63) is 48.6 Å². The molecular formula is C40H70NO11PS. The molecule has 0 radical (unpaired) electrons. The number of carbonyl (C=O) groups excluding carboxylic acids is 2. The number of carboxylic acids is 1. The van der Waals surface area contributed by atoms with Crippen LogP contribution >= 0.6 is 19.6 Å². The van der Waals surface area contributed by atoms with Crippen LogP contribution < -0.4 is 5.73 Å². The van der Waals surface area contributed by atoms with Crippen molar-refractivity contribution >= 4 is 37.5 Å². The highest BCUT2D eigenvalue weighted by Gasteiger charge is 2.27. The predicted octanol–water partition coefficient (Wildman–Crippen LogP) is 8.35. The lowest BCUT2D eigenvalue weighted by molar-refractivity contribution is -0.161. The van der Waals surface area contributed by atoms with Crippen molar-refractivity contribution in [3.63, 3.8) is 0 Å². The Kier molecular flexibility index (Phi) is 32.6. The molecule has 0 amide bonds. The third-order valence-corrected chi connectivity index (χ3v) is 10.2. The average Bonchev–Trinajstić information content (AvgIpc) is 3.10. The second-order valence-corrected chi connectivity index (χ2v) is 16.4. The van der Waals surface area contributed by atoms with E-state index in [9.17, 15) is 33.8 Å². The van der Waals surface area contributed by atoms with E-state index in [0.29, 0.717) is 6.42 Å². The van der Waals surface area contributed by atoms with Crippen LogP contribution in [-0.4, -0.2) is 80.4 Å². The molecule has 0 unspecified atom stereocenters. The van der Waals surface area contributed by atoms with Gasteiger partial charge >= 0.3 is 25.7 Å². The minimum atomic E-state index is -4.91. The van der Waals surface area contributed by atoms with E-state index >= 15 is 0 Å². The molecule has 54 heavy (non-hydrogen) atoms. The first-order valence-corrected chi connectivity index (χ1v) is 22.3. The predicted molar refractivity (Wildman–Crippen MR) is 217 cm³/mol. The molecule has 0 saturated heterocycles. The second kappa shape index (κ2) is 34.0. The molecule has 12 nitrogen and oxygen atoms in total. The smallest absolute Gasteiger partial charge is 0.469 e. The van der Waals surface area contributed by atoms with Crippen LogP contribution in [-0.2, 0) is 32.9 Å². The molecule has 0 spiro atoms. The van der Waals surface area contributed by atoms with Gasteiger partial charge in [-0.15, -0.1) is 11.8 Å². The lowest BCUT2D eigenvalue weighted by Gasteiger charge is -2.23. The van der Waals surface area contributed by atoms with Gasteiger partial charge in [-0.05, 0) is 44.4 Å². The number of aliphatic hydroxyl groups excluding tert-OH is 1. The highest BCUT2D eigenvalue weighted by Crippen LogP contribution is 2.36. The van der Waals surface area contributed by atoms with E-state index in [2.05, 4.69) is 37.4 Å². The van der Waals surface area contributed by atoms with Crippen LogP contribution in [0.15, 0.2) is 48.6 Å². The van der Waals surface area contributed by atoms with Gasteiger partial charge in [0, 0.05) is 23.8 Å². The van der Waals surface area contributed by atoms with Gasteiger partial charge in [-0.25, -0.2) is 4.57 Å². The fourth-order valence-electron chi connectivity index (χ4n) is 5.16. The lowest BCUT2D eigenvalue weighted by Crippen LogP contribution is -2.40. The van der Waals surface area contributed by atoms with E-state index in [4.69, 9.17) is 20.3 Å². The number of phosphoric acid groups is 1. The van der Waals surface area contributed by atoms with Crippen LogP contribution in [0.5, 0.6) is 0 Å². The molecule has 0 aromatic heterocycles. The van der Waals surface area contributed by atoms with E-state index < -0.39 is 62.4 Å². The third kappa shape index (κ3) is 34.3. The van der Waals surface area contributed by atoms with Crippen LogP contribution in [0.3, 0.4) is 0 Å². The van der Waals surface area contributed by atoms with Gasteiger partial charge < -0.3 is 35.2 Å². The highest BCUT2D eigenvalue weighted by atomic mass is 32.2. The minimum absolute atomic E-state index is 0.00183. The topological polar surface area (TPSA) is 203 Å². The number of phosphoric ester groups is 1. The first-order valence-electron chi connectivity index (χ1n) is 19.7. The van der Waals surface area contributed by atoms with Crippen LogP contribution in [0.4, 0.5) is 0 Å². The zero-order chi connectivity index (χ0) is 40.5. The van der Waals surface area contributed by atoms with Gasteiger partial charge in [-0.1, -0.05) is 134 Å². The Morgan fingerprint density at radius 3 is 2.11 bits per heavy atom. The summed E-state index contributed by atoms with van der Waals surface area (Å²) in [6.45, 7) is 5.46. The summed E-state index contributed by atoms with van der Waals surface area (Å²) in [5, 5.41) is 19.3. The van der Waals surface area contributed by atoms with Crippen LogP contribution in [0.2, 0.25) is 0 Å². The number of esters is 2. The number of thioether (sulfide) groups is 1. The summed E-state index contributed by atoms with van der Waals surface area (Å²) < 4.78 is 26.4. The number of nitrogens with two attached hydrogens (primary N) is 1. The van der Waals surface area contributed by atoms with Gasteiger partial charge in [-0.2, -0.15) is 0 Å². The Morgan fingerprint density at radius 1 is 0.796 bits per heavy atom. The molecule has 0 aliphatic rings. The van der Waals surface area contributed by atoms with Gasteiger partial charge in [0.15, 0.2) is 6.10 Å². The van der Waals surface area contributed by atoms with Crippen molar-refractivity contribution in [2.24, 2.45) is 11.7 Å². The summed E-state index contributed by atoms with van der Waals surface area (Å²) in [5.74, 6) is -1.65. The van der Waals surface area contributed by atoms with E-state index in [1.165, 1.54) is 63.1 Å². The van der Waals surface area contributed by atoms with Crippen LogP contribution in [0.25, 0.3) is 0 Å². The Morgan fingerprint density at radius 2 is 1.46 bits per heavy atom. The van der Waals surface area contributed by atoms with Crippen molar-refractivity contribution in [3.8, 4) is 0 Å². The molecule has 0 aliphatic carbocycles. The molecule has 4 atom stereocenters. The standard InChI is InChI=1S/C40H70NO11PS/c1-4-5-6-7-8-9-10-11-12-16-19-22-27-37(36(42)26-24-28-38(43)44)54-32-35(41)40(46)52-34(31-51-53(47,48)49)30-50-39(45)29-23-20-17-14-13-15-18-21-25-33(2)3/h8-9,11-12,16,19,22,27,33-37,42H,4-7,10,13-15,17-18,20-21,23-26,28-32,41H2,1-3H3,(H,43,44)(H2,47,48,49)/b9-8-,12-11-,19-16+,27-22+/t34-,35+,36+,37-/m1/s1. The third-order valence-electron chi connectivity index (χ3n) is 8.28. The van der Waals surface area contributed by atoms with Crippen molar-refractivity contribution in [2.45, 2.75) is 160 Å². The van der Waals surface area contributed by atoms with Gasteiger partial charge in [0.2, 0.25) is 0 Å². The molecule has 312 valence electrons. The maximum absolute atomic E-state index is 12.9. The van der Waals surface area contributed by atoms with E-state index in [1.807, 2.05) is 18.2 Å². The summed E-state index contributed by atoms with van der Waals surface area (Å²) in [5.41, 5.74) is 6.10. The number of allylic oxidation sites excluding steroid dienone is 7. The molecule has 0 aromatic rings. The van der Waals surface area contributed by atoms with Gasteiger partial charge in [-0.3, -0.25) is 18.9 Å². The number of aliphatic carboxylic acids is 1. The number of hydrogen-bond acceptors (Lipinski definition) is 10. The second-order valence-electron chi connectivity index (χ2n) is 13.9. The molecule has 0 fully saturated rings. The molecule has 0 saturated carbocycles. The SMILES string of the molecule is CCCCC/C=C\C\C=C/C=C/C=C/[C@@H](SC[C@H](N)C(=O)O[C@H](COC(=O)CCCCCCCCCCC(C)C)COP(=O)(O)O)[C@@H](O)CCCC(=O)O. The van der Waals surface area contributed by atoms with E-state index in [-0.39, 0.29) is 31.4 Å². The van der Waals surface area contributed by atoms with Crippen molar-refractivity contribution in [1.29, 1.82) is 0 Å². The zero-order valence-corrected chi connectivity index (χ0v) is 34.6. The first-order chi connectivity index (χ1) is 25.7. The fourth-order valence-corrected chi connectivity index (χ4v) is 6.64. The molecule has 0 rings (SSSR count). The highest BCUT2D eigenvalue weighted by molar-refractivity contribution is 8.00. The Balaban J connectivity index is 5.01. The van der Waals surface area contributed by atoms with Gasteiger partial charge in [0.05, 0.1) is 12.7 Å². The number of unbranched alkanes of at least 4 members (excludes halogenated alkanes) is 10. The van der Waals surface area contributed by atoms with Crippen molar-refractivity contribution in [2.75, 3.05) is 19.0 Å². The number of carboxylic acid groups (broad SMARTS) is 1. The Hall–Kier alpha value is -2.25. The molecule has 6 N–H and O–H groups in total. The fraction of sp³-hybridized carbons (Fsp3) is 0.725. The summed E-state index contributed by atoms with van der Waals surface area (Å²) in [6, 6.07) is -1.20. The molecule has 0 bridgehead atoms. The maximum atomic E-state index is 12.9. The number of aliphatic hydroxyl groups is 1. The summed E-state index contributed by atoms with van der Waals surface area (Å²) in [7, 11) is -4.91. The van der Waals surface area contributed by atoms with Crippen LogP contribution in [0, 0.1) is 5.92 Å². The van der Waals surface area contributed by atoms with Gasteiger partial charge in [0.25, 0.3) is 0 Å². The van der Waals surface area contributed by atoms with Crippen molar-refractivity contribution < 1.29 is 52.9 Å².